The van der Waals surface area contributed by atoms with Gasteiger partial charge in [0.25, 0.3) is 0 Å². The summed E-state index contributed by atoms with van der Waals surface area (Å²) in [5.41, 5.74) is 6.51. The molecule has 1 fully saturated rings. The van der Waals surface area contributed by atoms with Crippen molar-refractivity contribution in [3.8, 4) is 0 Å². The number of hydrogen-bond acceptors (Lipinski definition) is 5. The monoisotopic (exact) mass is 470 g/mol. The van der Waals surface area contributed by atoms with Gasteiger partial charge in [-0.1, -0.05) is 37.3 Å². The van der Waals surface area contributed by atoms with Crippen LogP contribution in [0.4, 0.5) is 14.9 Å². The van der Waals surface area contributed by atoms with Crippen LogP contribution in [-0.4, -0.2) is 49.0 Å². The van der Waals surface area contributed by atoms with Crippen molar-refractivity contribution in [3.63, 3.8) is 0 Å². The third kappa shape index (κ3) is 6.32. The number of nitrogens with zero attached hydrogens (tertiary/aromatic N) is 1. The van der Waals surface area contributed by atoms with Gasteiger partial charge >= 0.3 is 6.09 Å². The summed E-state index contributed by atoms with van der Waals surface area (Å²) >= 11 is 0. The number of aryl methyl sites for hydroxylation is 1. The second-order valence-corrected chi connectivity index (χ2v) is 8.39. The summed E-state index contributed by atoms with van der Waals surface area (Å²) < 4.78 is 19.4. The van der Waals surface area contributed by atoms with Crippen LogP contribution in [0.5, 0.6) is 0 Å². The van der Waals surface area contributed by atoms with E-state index in [0.717, 1.165) is 12.0 Å². The Morgan fingerprint density at radius 3 is 2.38 bits per heavy atom. The number of benzene rings is 2. The Labute approximate surface area is 198 Å². The van der Waals surface area contributed by atoms with E-state index < -0.39 is 17.3 Å². The first-order chi connectivity index (χ1) is 16.4. The Morgan fingerprint density at radius 2 is 1.76 bits per heavy atom. The van der Waals surface area contributed by atoms with Crippen LogP contribution in [0.15, 0.2) is 48.5 Å². The van der Waals surface area contributed by atoms with E-state index in [-0.39, 0.29) is 31.5 Å². The maximum Gasteiger partial charge on any atom is 0.411 e. The number of piperidine rings is 1. The molecule has 182 valence electrons. The van der Waals surface area contributed by atoms with Gasteiger partial charge in [0.15, 0.2) is 0 Å². The van der Waals surface area contributed by atoms with Crippen molar-refractivity contribution in [2.45, 2.75) is 32.7 Å². The fourth-order valence-corrected chi connectivity index (χ4v) is 3.94. The molecule has 0 spiro atoms. The van der Waals surface area contributed by atoms with E-state index in [9.17, 15) is 18.8 Å². The Morgan fingerprint density at radius 1 is 1.09 bits per heavy atom. The third-order valence-corrected chi connectivity index (χ3v) is 6.21. The molecule has 0 aromatic heterocycles. The lowest BCUT2D eigenvalue weighted by Crippen LogP contribution is -2.53. The van der Waals surface area contributed by atoms with Gasteiger partial charge in [-0.2, -0.15) is 0 Å². The molecule has 0 atom stereocenters. The fraction of sp³-hybridized carbons (Fsp3) is 0.400. The van der Waals surface area contributed by atoms with Crippen LogP contribution in [0.3, 0.4) is 0 Å². The Kier molecular flexibility index (Phi) is 8.59. The minimum absolute atomic E-state index is 0.00861. The second kappa shape index (κ2) is 11.6. The highest BCUT2D eigenvalue weighted by molar-refractivity contribution is 5.86. The van der Waals surface area contributed by atoms with E-state index in [1.807, 2.05) is 19.1 Å². The molecular formula is C25H31FN4O4. The SMILES string of the molecule is CCc1ccc(NC(=O)OCC2(C(=O)NCc3ccccc3F)CCN(C(=O)CN)CC2)cc1. The maximum atomic E-state index is 14.0. The van der Waals surface area contributed by atoms with Gasteiger partial charge in [-0.15, -0.1) is 0 Å². The molecule has 34 heavy (non-hydrogen) atoms. The van der Waals surface area contributed by atoms with Crippen LogP contribution >= 0.6 is 0 Å². The molecule has 0 radical (unpaired) electrons. The zero-order valence-electron chi connectivity index (χ0n) is 19.3. The van der Waals surface area contributed by atoms with Gasteiger partial charge in [-0.05, 0) is 43.0 Å². The number of anilines is 1. The lowest BCUT2D eigenvalue weighted by atomic mass is 9.78. The number of nitrogens with one attached hydrogen (secondary N) is 2. The number of nitrogens with two attached hydrogens (primary N) is 1. The molecule has 4 N–H and O–H groups in total. The zero-order valence-corrected chi connectivity index (χ0v) is 19.3. The van der Waals surface area contributed by atoms with Gasteiger partial charge in [-0.3, -0.25) is 14.9 Å². The lowest BCUT2D eigenvalue weighted by molar-refractivity contribution is -0.142. The van der Waals surface area contributed by atoms with E-state index in [4.69, 9.17) is 10.5 Å². The number of amides is 3. The Hall–Kier alpha value is -3.46. The number of likely N-dealkylation sites (tertiary alicyclic amines) is 1. The predicted molar refractivity (Wildman–Crippen MR) is 126 cm³/mol. The summed E-state index contributed by atoms with van der Waals surface area (Å²) in [5, 5.41) is 5.44. The summed E-state index contributed by atoms with van der Waals surface area (Å²) in [5.74, 6) is -0.963. The summed E-state index contributed by atoms with van der Waals surface area (Å²) in [6.07, 6.45) is 0.797. The zero-order chi connectivity index (χ0) is 24.6. The molecule has 0 saturated carbocycles. The number of hydrogen-bond donors (Lipinski definition) is 3. The minimum atomic E-state index is -1.04. The first-order valence-electron chi connectivity index (χ1n) is 11.4. The van der Waals surface area contributed by atoms with E-state index in [1.54, 1.807) is 35.2 Å². The van der Waals surface area contributed by atoms with Gasteiger partial charge < -0.3 is 20.7 Å². The fourth-order valence-electron chi connectivity index (χ4n) is 3.94. The highest BCUT2D eigenvalue weighted by Crippen LogP contribution is 2.33. The van der Waals surface area contributed by atoms with E-state index in [2.05, 4.69) is 10.6 Å². The van der Waals surface area contributed by atoms with Crippen LogP contribution in [0.25, 0.3) is 0 Å². The summed E-state index contributed by atoms with van der Waals surface area (Å²) in [4.78, 5) is 39.2. The highest BCUT2D eigenvalue weighted by Gasteiger charge is 2.43. The number of carbonyl (C=O) groups is 3. The standard InChI is InChI=1S/C25H31FN4O4/c1-2-18-7-9-20(10-8-18)29-24(33)34-17-25(11-13-30(14-12-25)22(31)15-27)23(32)28-16-19-5-3-4-6-21(19)26/h3-10H,2,11-17,27H2,1H3,(H,28,32)(H,29,33). The second-order valence-electron chi connectivity index (χ2n) is 8.39. The van der Waals surface area contributed by atoms with Crippen LogP contribution in [-0.2, 0) is 27.3 Å². The molecule has 0 aliphatic carbocycles. The van der Waals surface area contributed by atoms with Crippen molar-refractivity contribution >= 4 is 23.6 Å². The van der Waals surface area contributed by atoms with E-state index in [1.165, 1.54) is 6.07 Å². The van der Waals surface area contributed by atoms with Crippen molar-refractivity contribution in [2.75, 3.05) is 31.6 Å². The number of ether oxygens (including phenoxy) is 1. The number of carbonyl (C=O) groups excluding carboxylic acids is 3. The summed E-state index contributed by atoms with van der Waals surface area (Å²) in [6.45, 7) is 2.40. The highest BCUT2D eigenvalue weighted by atomic mass is 19.1. The molecule has 1 aliphatic rings. The average molecular weight is 471 g/mol. The van der Waals surface area contributed by atoms with Crippen molar-refractivity contribution < 1.29 is 23.5 Å². The predicted octanol–water partition coefficient (Wildman–Crippen LogP) is 2.82. The van der Waals surface area contributed by atoms with Crippen molar-refractivity contribution in [2.24, 2.45) is 11.1 Å². The quantitative estimate of drug-likeness (QED) is 0.549. The van der Waals surface area contributed by atoms with Crippen molar-refractivity contribution in [1.82, 2.24) is 10.2 Å². The first kappa shape index (κ1) is 25.2. The normalized spacial score (nSPS) is 14.9. The molecular weight excluding hydrogens is 439 g/mol. The smallest absolute Gasteiger partial charge is 0.411 e. The molecule has 8 nitrogen and oxygen atoms in total. The summed E-state index contributed by atoms with van der Waals surface area (Å²) in [7, 11) is 0. The van der Waals surface area contributed by atoms with Gasteiger partial charge in [-0.25, -0.2) is 9.18 Å². The van der Waals surface area contributed by atoms with Crippen molar-refractivity contribution in [3.05, 3.63) is 65.5 Å². The van der Waals surface area contributed by atoms with E-state index >= 15 is 0 Å². The molecule has 1 heterocycles. The molecule has 1 saturated heterocycles. The topological polar surface area (TPSA) is 114 Å². The molecule has 3 rings (SSSR count). The van der Waals surface area contributed by atoms with Gasteiger partial charge in [0.2, 0.25) is 11.8 Å². The minimum Gasteiger partial charge on any atom is -0.448 e. The molecule has 2 aromatic carbocycles. The molecule has 0 bridgehead atoms. The van der Waals surface area contributed by atoms with Crippen LogP contribution in [0.2, 0.25) is 0 Å². The largest absolute Gasteiger partial charge is 0.448 e. The average Bonchev–Trinajstić information content (AvgIpc) is 2.87. The van der Waals surface area contributed by atoms with Gasteiger partial charge in [0.05, 0.1) is 12.0 Å². The van der Waals surface area contributed by atoms with E-state index in [0.29, 0.717) is 37.2 Å². The van der Waals surface area contributed by atoms with Crippen molar-refractivity contribution in [1.29, 1.82) is 0 Å². The first-order valence-corrected chi connectivity index (χ1v) is 11.4. The molecule has 2 aromatic rings. The van der Waals surface area contributed by atoms with Crippen LogP contribution < -0.4 is 16.4 Å². The molecule has 1 aliphatic heterocycles. The summed E-state index contributed by atoms with van der Waals surface area (Å²) in [6, 6.07) is 13.6. The van der Waals surface area contributed by atoms with Gasteiger partial charge in [0, 0.05) is 30.9 Å². The Bertz CT molecular complexity index is 1000. The van der Waals surface area contributed by atoms with Crippen LogP contribution in [0.1, 0.15) is 30.9 Å². The van der Waals surface area contributed by atoms with Gasteiger partial charge in [0.1, 0.15) is 12.4 Å². The lowest BCUT2D eigenvalue weighted by Gasteiger charge is -2.40. The maximum absolute atomic E-state index is 14.0. The number of halogens is 1. The Balaban J connectivity index is 1.66. The third-order valence-electron chi connectivity index (χ3n) is 6.21. The molecule has 9 heteroatoms. The van der Waals surface area contributed by atoms with Crippen LogP contribution in [0, 0.1) is 11.2 Å². The number of rotatable bonds is 8. The molecule has 0 unspecified atom stereocenters. The molecule has 3 amide bonds.